The summed E-state index contributed by atoms with van der Waals surface area (Å²) in [4.78, 5) is 16.2. The minimum absolute atomic E-state index is 0.0387. The Bertz CT molecular complexity index is 1040. The molecular formula is C21H20N2O3S2. The van der Waals surface area contributed by atoms with Crippen molar-refractivity contribution in [2.24, 2.45) is 0 Å². The Kier molecular flexibility index (Phi) is 6.38. The molecule has 1 N–H and O–H groups in total. The number of hydrogen-bond acceptors (Lipinski definition) is 5. The fourth-order valence-electron chi connectivity index (χ4n) is 2.64. The van der Waals surface area contributed by atoms with Crippen LogP contribution in [-0.2, 0) is 14.6 Å². The number of carbonyl (C=O) groups excluding carboxylic acids is 1. The number of amides is 1. The maximum absolute atomic E-state index is 13.0. The summed E-state index contributed by atoms with van der Waals surface area (Å²) in [6, 6.07) is 14.4. The summed E-state index contributed by atoms with van der Waals surface area (Å²) in [5.41, 5.74) is 2.58. The number of benzene rings is 1. The van der Waals surface area contributed by atoms with E-state index in [4.69, 9.17) is 0 Å². The van der Waals surface area contributed by atoms with E-state index in [1.165, 1.54) is 12.3 Å². The third-order valence-electron chi connectivity index (χ3n) is 4.17. The van der Waals surface area contributed by atoms with Crippen LogP contribution in [0, 0.1) is 6.92 Å². The first-order chi connectivity index (χ1) is 13.5. The monoisotopic (exact) mass is 412 g/mol. The molecule has 0 radical (unpaired) electrons. The summed E-state index contributed by atoms with van der Waals surface area (Å²) >= 11 is 1.16. The molecule has 2 aromatic heterocycles. The van der Waals surface area contributed by atoms with Crippen molar-refractivity contribution in [3.63, 3.8) is 0 Å². The van der Waals surface area contributed by atoms with Gasteiger partial charge in [0.1, 0.15) is 9.46 Å². The zero-order valence-electron chi connectivity index (χ0n) is 15.3. The molecule has 0 saturated carbocycles. The van der Waals surface area contributed by atoms with Gasteiger partial charge in [-0.15, -0.1) is 11.3 Å². The lowest BCUT2D eigenvalue weighted by Gasteiger charge is -2.17. The molecule has 1 atom stereocenters. The van der Waals surface area contributed by atoms with E-state index in [2.05, 4.69) is 10.3 Å². The summed E-state index contributed by atoms with van der Waals surface area (Å²) in [5, 5.41) is 3.52. The van der Waals surface area contributed by atoms with E-state index in [-0.39, 0.29) is 16.7 Å². The average molecular weight is 413 g/mol. The highest BCUT2D eigenvalue weighted by Gasteiger charge is 2.30. The summed E-state index contributed by atoms with van der Waals surface area (Å²) in [6.45, 7) is 1.95. The van der Waals surface area contributed by atoms with Crippen molar-refractivity contribution in [1.29, 1.82) is 0 Å². The molecule has 5 nitrogen and oxygen atoms in total. The largest absolute Gasteiger partial charge is 0.351 e. The lowest BCUT2D eigenvalue weighted by Crippen LogP contribution is -2.30. The molecule has 0 aliphatic carbocycles. The smallest absolute Gasteiger partial charge is 0.244 e. The number of aryl methyl sites for hydroxylation is 1. The Morgan fingerprint density at radius 2 is 1.96 bits per heavy atom. The minimum atomic E-state index is -3.64. The van der Waals surface area contributed by atoms with Crippen molar-refractivity contribution in [3.8, 4) is 0 Å². The first-order valence-corrected chi connectivity index (χ1v) is 11.1. The van der Waals surface area contributed by atoms with Gasteiger partial charge in [0.15, 0.2) is 9.84 Å². The normalized spacial score (nSPS) is 12.8. The van der Waals surface area contributed by atoms with E-state index >= 15 is 0 Å². The first-order valence-electron chi connectivity index (χ1n) is 8.67. The second kappa shape index (κ2) is 8.95. The van der Waals surface area contributed by atoms with Crippen LogP contribution in [-0.4, -0.2) is 25.9 Å². The van der Waals surface area contributed by atoms with Crippen molar-refractivity contribution in [1.82, 2.24) is 10.3 Å². The minimum Gasteiger partial charge on any atom is -0.351 e. The topological polar surface area (TPSA) is 76.1 Å². The average Bonchev–Trinajstić information content (AvgIpc) is 3.24. The maximum atomic E-state index is 13.0. The second-order valence-electron chi connectivity index (χ2n) is 6.24. The van der Waals surface area contributed by atoms with Gasteiger partial charge >= 0.3 is 0 Å². The number of pyridine rings is 1. The molecule has 0 unspecified atom stereocenters. The van der Waals surface area contributed by atoms with Gasteiger partial charge in [-0.3, -0.25) is 9.78 Å². The highest BCUT2D eigenvalue weighted by molar-refractivity contribution is 7.93. The van der Waals surface area contributed by atoms with Gasteiger partial charge in [-0.05, 0) is 41.6 Å². The van der Waals surface area contributed by atoms with Crippen LogP contribution >= 0.6 is 11.3 Å². The standard InChI is InChI=1S/C21H20N2O3S2/c1-16-6-8-17(9-7-16)10-11-20(24)23-15-19(18-4-2-12-22-14-18)28(25,26)21-5-3-13-27-21/h2-14,19H,15H2,1H3,(H,23,24)/b11-10+/t19-/m0/s1. The van der Waals surface area contributed by atoms with Crippen LogP contribution in [0.25, 0.3) is 6.08 Å². The zero-order valence-corrected chi connectivity index (χ0v) is 16.9. The van der Waals surface area contributed by atoms with Crippen LogP contribution < -0.4 is 5.32 Å². The Labute approximate surface area is 168 Å². The number of rotatable bonds is 7. The van der Waals surface area contributed by atoms with Gasteiger partial charge in [0.05, 0.1) is 0 Å². The SMILES string of the molecule is Cc1ccc(/C=C/C(=O)NC[C@@H](c2cccnc2)S(=O)(=O)c2cccs2)cc1. The second-order valence-corrected chi connectivity index (χ2v) is 9.55. The molecule has 1 amide bonds. The number of hydrogen-bond donors (Lipinski definition) is 1. The van der Waals surface area contributed by atoms with Crippen molar-refractivity contribution in [2.75, 3.05) is 6.54 Å². The number of aromatic nitrogens is 1. The molecule has 0 fully saturated rings. The molecule has 144 valence electrons. The highest BCUT2D eigenvalue weighted by Crippen LogP contribution is 2.30. The summed E-state index contributed by atoms with van der Waals surface area (Å²) in [5.74, 6) is -0.351. The Morgan fingerprint density at radius 3 is 2.61 bits per heavy atom. The van der Waals surface area contributed by atoms with Crippen LogP contribution in [0.3, 0.4) is 0 Å². The molecule has 0 saturated heterocycles. The van der Waals surface area contributed by atoms with Gasteiger partial charge in [0.25, 0.3) is 0 Å². The maximum Gasteiger partial charge on any atom is 0.244 e. The summed E-state index contributed by atoms with van der Waals surface area (Å²) < 4.78 is 26.3. The molecule has 0 bridgehead atoms. The molecule has 0 aliphatic heterocycles. The van der Waals surface area contributed by atoms with Crippen LogP contribution in [0.2, 0.25) is 0 Å². The van der Waals surface area contributed by atoms with Crippen molar-refractivity contribution < 1.29 is 13.2 Å². The molecule has 7 heteroatoms. The zero-order chi connectivity index (χ0) is 20.0. The fraction of sp³-hybridized carbons (Fsp3) is 0.143. The van der Waals surface area contributed by atoms with Gasteiger partial charge in [0.2, 0.25) is 5.91 Å². The Hall–Kier alpha value is -2.77. The third-order valence-corrected chi connectivity index (χ3v) is 7.70. The molecule has 1 aromatic carbocycles. The van der Waals surface area contributed by atoms with E-state index in [1.807, 2.05) is 31.2 Å². The molecule has 0 aliphatic rings. The lowest BCUT2D eigenvalue weighted by atomic mass is 10.1. The summed E-state index contributed by atoms with van der Waals surface area (Å²) in [6.07, 6.45) is 6.20. The van der Waals surface area contributed by atoms with Crippen LogP contribution in [0.15, 0.2) is 76.6 Å². The Balaban J connectivity index is 1.75. The van der Waals surface area contributed by atoms with Crippen molar-refractivity contribution in [3.05, 3.63) is 89.1 Å². The van der Waals surface area contributed by atoms with E-state index in [0.717, 1.165) is 22.5 Å². The molecule has 3 aromatic rings. The third kappa shape index (κ3) is 4.94. The predicted molar refractivity (Wildman–Crippen MR) is 112 cm³/mol. The number of nitrogens with zero attached hydrogens (tertiary/aromatic N) is 1. The van der Waals surface area contributed by atoms with E-state index < -0.39 is 15.1 Å². The van der Waals surface area contributed by atoms with Gasteiger partial charge in [0, 0.05) is 25.0 Å². The molecule has 2 heterocycles. The van der Waals surface area contributed by atoms with Crippen molar-refractivity contribution >= 4 is 33.2 Å². The number of carbonyl (C=O) groups is 1. The van der Waals surface area contributed by atoms with Gasteiger partial charge in [-0.2, -0.15) is 0 Å². The van der Waals surface area contributed by atoms with Gasteiger partial charge in [-0.25, -0.2) is 8.42 Å². The van der Waals surface area contributed by atoms with Gasteiger partial charge in [-0.1, -0.05) is 42.0 Å². The molecular weight excluding hydrogens is 392 g/mol. The first kappa shape index (κ1) is 20.0. The predicted octanol–water partition coefficient (Wildman–Crippen LogP) is 3.80. The Morgan fingerprint density at radius 1 is 1.18 bits per heavy atom. The molecule has 0 spiro atoms. The molecule has 28 heavy (non-hydrogen) atoms. The van der Waals surface area contributed by atoms with E-state index in [1.54, 1.807) is 41.9 Å². The number of sulfone groups is 1. The van der Waals surface area contributed by atoms with Gasteiger partial charge < -0.3 is 5.32 Å². The highest BCUT2D eigenvalue weighted by atomic mass is 32.2. The van der Waals surface area contributed by atoms with Crippen molar-refractivity contribution in [2.45, 2.75) is 16.4 Å². The molecule has 3 rings (SSSR count). The summed E-state index contributed by atoms with van der Waals surface area (Å²) in [7, 11) is -3.64. The quantitative estimate of drug-likeness (QED) is 0.599. The number of thiophene rings is 1. The van der Waals surface area contributed by atoms with E-state index in [0.29, 0.717) is 5.56 Å². The van der Waals surface area contributed by atoms with Crippen LogP contribution in [0.4, 0.5) is 0 Å². The number of nitrogens with one attached hydrogen (secondary N) is 1. The fourth-order valence-corrected chi connectivity index (χ4v) is 5.49. The van der Waals surface area contributed by atoms with E-state index in [9.17, 15) is 13.2 Å². The lowest BCUT2D eigenvalue weighted by molar-refractivity contribution is -0.116. The van der Waals surface area contributed by atoms with Crippen LogP contribution in [0.5, 0.6) is 0 Å². The van der Waals surface area contributed by atoms with Crippen LogP contribution in [0.1, 0.15) is 21.9 Å².